The number of aryl methyl sites for hydroxylation is 1. The summed E-state index contributed by atoms with van der Waals surface area (Å²) in [6.07, 6.45) is 0. The summed E-state index contributed by atoms with van der Waals surface area (Å²) in [5.74, 6) is 2.28. The third-order valence-electron chi connectivity index (χ3n) is 2.28. The number of nitrogens with zero attached hydrogens (tertiary/aromatic N) is 2. The summed E-state index contributed by atoms with van der Waals surface area (Å²) in [5, 5.41) is 0.490. The second-order valence-corrected chi connectivity index (χ2v) is 5.15. The van der Waals surface area contributed by atoms with Crippen molar-refractivity contribution < 1.29 is 4.74 Å². The van der Waals surface area contributed by atoms with Crippen LogP contribution in [0.3, 0.4) is 0 Å². The molecule has 0 N–H and O–H groups in total. The number of methoxy groups -OCH3 is 1. The van der Waals surface area contributed by atoms with E-state index in [4.69, 9.17) is 16.3 Å². The van der Waals surface area contributed by atoms with Gasteiger partial charge in [-0.1, -0.05) is 17.7 Å². The van der Waals surface area contributed by atoms with Crippen molar-refractivity contribution in [1.82, 2.24) is 9.97 Å². The minimum Gasteiger partial charge on any atom is -0.497 e. The molecule has 0 radical (unpaired) electrons. The lowest BCUT2D eigenvalue weighted by Crippen LogP contribution is -1.95. The Balaban J connectivity index is 2.06. The van der Waals surface area contributed by atoms with E-state index >= 15 is 0 Å². The monoisotopic (exact) mass is 280 g/mol. The molecule has 3 nitrogen and oxygen atoms in total. The standard InChI is InChI=1S/C13H13ClN2OS/c1-9-6-12(14)16-13(15-9)8-18-11-5-3-4-10(7-11)17-2/h3-7H,8H2,1-2H3. The number of hydrogen-bond acceptors (Lipinski definition) is 4. The minimum absolute atomic E-state index is 0.490. The maximum absolute atomic E-state index is 5.90. The van der Waals surface area contributed by atoms with Crippen LogP contribution < -0.4 is 4.74 Å². The molecule has 0 spiro atoms. The van der Waals surface area contributed by atoms with Crippen LogP contribution in [0.5, 0.6) is 5.75 Å². The van der Waals surface area contributed by atoms with Crippen molar-refractivity contribution in [2.24, 2.45) is 0 Å². The molecule has 2 rings (SSSR count). The molecular formula is C13H13ClN2OS. The van der Waals surface area contributed by atoms with Crippen LogP contribution in [0, 0.1) is 6.92 Å². The Morgan fingerprint density at radius 1 is 1.28 bits per heavy atom. The van der Waals surface area contributed by atoms with E-state index in [1.54, 1.807) is 24.9 Å². The number of ether oxygens (including phenoxy) is 1. The molecule has 5 heteroatoms. The Morgan fingerprint density at radius 3 is 2.83 bits per heavy atom. The van der Waals surface area contributed by atoms with Crippen molar-refractivity contribution >= 4 is 23.4 Å². The number of aromatic nitrogens is 2. The van der Waals surface area contributed by atoms with Gasteiger partial charge in [0.1, 0.15) is 16.7 Å². The molecule has 0 aliphatic carbocycles. The van der Waals surface area contributed by atoms with E-state index in [-0.39, 0.29) is 0 Å². The number of benzene rings is 1. The number of halogens is 1. The van der Waals surface area contributed by atoms with Gasteiger partial charge in [-0.2, -0.15) is 0 Å². The van der Waals surface area contributed by atoms with Gasteiger partial charge < -0.3 is 4.74 Å². The SMILES string of the molecule is COc1cccc(SCc2nc(C)cc(Cl)n2)c1. The highest BCUT2D eigenvalue weighted by Gasteiger charge is 2.03. The zero-order chi connectivity index (χ0) is 13.0. The van der Waals surface area contributed by atoms with Crippen LogP contribution in [0.25, 0.3) is 0 Å². The predicted octanol–water partition coefficient (Wildman–Crippen LogP) is 3.74. The first-order valence-corrected chi connectivity index (χ1v) is 6.80. The highest BCUT2D eigenvalue weighted by molar-refractivity contribution is 7.98. The fourth-order valence-electron chi connectivity index (χ4n) is 1.49. The van der Waals surface area contributed by atoms with Gasteiger partial charge in [0.25, 0.3) is 0 Å². The third kappa shape index (κ3) is 3.62. The van der Waals surface area contributed by atoms with E-state index in [1.165, 1.54) is 0 Å². The summed E-state index contributed by atoms with van der Waals surface area (Å²) >= 11 is 7.56. The van der Waals surface area contributed by atoms with Gasteiger partial charge in [0.05, 0.1) is 12.9 Å². The van der Waals surface area contributed by atoms with Crippen LogP contribution in [0.4, 0.5) is 0 Å². The van der Waals surface area contributed by atoms with Gasteiger partial charge in [-0.05, 0) is 31.2 Å². The number of rotatable bonds is 4. The number of hydrogen-bond donors (Lipinski definition) is 0. The average Bonchev–Trinajstić information content (AvgIpc) is 2.35. The first-order valence-electron chi connectivity index (χ1n) is 5.44. The van der Waals surface area contributed by atoms with E-state index < -0.39 is 0 Å². The molecule has 94 valence electrons. The summed E-state index contributed by atoms with van der Waals surface area (Å²) < 4.78 is 5.18. The summed E-state index contributed by atoms with van der Waals surface area (Å²) in [7, 11) is 1.66. The van der Waals surface area contributed by atoms with Gasteiger partial charge >= 0.3 is 0 Å². The summed E-state index contributed by atoms with van der Waals surface area (Å²) in [5.41, 5.74) is 0.885. The molecule has 0 fully saturated rings. The van der Waals surface area contributed by atoms with Crippen molar-refractivity contribution in [1.29, 1.82) is 0 Å². The first-order chi connectivity index (χ1) is 8.67. The molecule has 0 atom stereocenters. The Kier molecular flexibility index (Phi) is 4.44. The lowest BCUT2D eigenvalue weighted by Gasteiger charge is -2.04. The lowest BCUT2D eigenvalue weighted by atomic mass is 10.3. The Hall–Kier alpha value is -1.26. The zero-order valence-corrected chi connectivity index (χ0v) is 11.8. The summed E-state index contributed by atoms with van der Waals surface area (Å²) in [6, 6.07) is 9.66. The molecule has 0 bridgehead atoms. The average molecular weight is 281 g/mol. The van der Waals surface area contributed by atoms with Gasteiger partial charge in [-0.3, -0.25) is 0 Å². The molecule has 0 aliphatic heterocycles. The molecule has 0 saturated heterocycles. The normalized spacial score (nSPS) is 10.4. The van der Waals surface area contributed by atoms with E-state index in [9.17, 15) is 0 Å². The van der Waals surface area contributed by atoms with Crippen LogP contribution in [0.1, 0.15) is 11.5 Å². The predicted molar refractivity (Wildman–Crippen MR) is 74.3 cm³/mol. The fourth-order valence-corrected chi connectivity index (χ4v) is 2.55. The van der Waals surface area contributed by atoms with Crippen molar-refractivity contribution in [3.8, 4) is 5.75 Å². The van der Waals surface area contributed by atoms with Gasteiger partial charge in [0, 0.05) is 10.6 Å². The highest BCUT2D eigenvalue weighted by Crippen LogP contribution is 2.25. The second-order valence-electron chi connectivity index (χ2n) is 3.72. The Labute approximate surface area is 116 Å². The largest absolute Gasteiger partial charge is 0.497 e. The molecule has 1 heterocycles. The van der Waals surface area contributed by atoms with E-state index in [0.29, 0.717) is 10.9 Å². The second kappa shape index (κ2) is 6.07. The van der Waals surface area contributed by atoms with E-state index in [2.05, 4.69) is 9.97 Å². The van der Waals surface area contributed by atoms with E-state index in [1.807, 2.05) is 31.2 Å². The molecule has 0 saturated carbocycles. The number of thioether (sulfide) groups is 1. The molecule has 0 aliphatic rings. The van der Waals surface area contributed by atoms with Crippen molar-refractivity contribution in [2.75, 3.05) is 7.11 Å². The smallest absolute Gasteiger partial charge is 0.140 e. The van der Waals surface area contributed by atoms with Crippen LogP contribution in [-0.2, 0) is 5.75 Å². The maximum atomic E-state index is 5.90. The Bertz CT molecular complexity index is 528. The van der Waals surface area contributed by atoms with Crippen LogP contribution in [-0.4, -0.2) is 17.1 Å². The first kappa shape index (κ1) is 13.2. The quantitative estimate of drug-likeness (QED) is 0.631. The van der Waals surface area contributed by atoms with Gasteiger partial charge in [0.15, 0.2) is 0 Å². The van der Waals surface area contributed by atoms with Crippen molar-refractivity contribution in [3.63, 3.8) is 0 Å². The zero-order valence-electron chi connectivity index (χ0n) is 10.2. The topological polar surface area (TPSA) is 35.0 Å². The summed E-state index contributed by atoms with van der Waals surface area (Å²) in [6.45, 7) is 1.91. The van der Waals surface area contributed by atoms with E-state index in [0.717, 1.165) is 22.2 Å². The maximum Gasteiger partial charge on any atom is 0.140 e. The van der Waals surface area contributed by atoms with Gasteiger partial charge in [-0.15, -0.1) is 11.8 Å². The third-order valence-corrected chi connectivity index (χ3v) is 3.46. The van der Waals surface area contributed by atoms with Crippen molar-refractivity contribution in [2.45, 2.75) is 17.6 Å². The molecule has 2 aromatic rings. The van der Waals surface area contributed by atoms with Crippen molar-refractivity contribution in [3.05, 3.63) is 47.0 Å². The Morgan fingerprint density at radius 2 is 2.11 bits per heavy atom. The molecule has 1 aromatic carbocycles. The van der Waals surface area contributed by atoms with Crippen LogP contribution in [0.2, 0.25) is 5.15 Å². The lowest BCUT2D eigenvalue weighted by molar-refractivity contribution is 0.413. The fraction of sp³-hybridized carbons (Fsp3) is 0.231. The minimum atomic E-state index is 0.490. The molecule has 18 heavy (non-hydrogen) atoms. The molecular weight excluding hydrogens is 268 g/mol. The van der Waals surface area contributed by atoms with Crippen LogP contribution in [0.15, 0.2) is 35.2 Å². The van der Waals surface area contributed by atoms with Gasteiger partial charge in [0.2, 0.25) is 0 Å². The highest BCUT2D eigenvalue weighted by atomic mass is 35.5. The molecule has 0 unspecified atom stereocenters. The molecule has 1 aromatic heterocycles. The van der Waals surface area contributed by atoms with Crippen LogP contribution >= 0.6 is 23.4 Å². The summed E-state index contributed by atoms with van der Waals surface area (Å²) in [4.78, 5) is 9.66. The molecule has 0 amide bonds. The van der Waals surface area contributed by atoms with Gasteiger partial charge in [-0.25, -0.2) is 9.97 Å².